The van der Waals surface area contributed by atoms with E-state index < -0.39 is 0 Å². The van der Waals surface area contributed by atoms with Crippen molar-refractivity contribution in [3.05, 3.63) is 108 Å². The molecule has 0 aliphatic rings. The number of nitrogens with zero attached hydrogens (tertiary/aromatic N) is 2. The van der Waals surface area contributed by atoms with Crippen molar-refractivity contribution >= 4 is 75.8 Å². The van der Waals surface area contributed by atoms with E-state index in [0.717, 1.165) is 10.2 Å². The van der Waals surface area contributed by atoms with Crippen LogP contribution in [-0.2, 0) is 0 Å². The molecule has 0 unspecified atom stereocenters. The van der Waals surface area contributed by atoms with Gasteiger partial charge in [-0.15, -0.1) is 0 Å². The first-order chi connectivity index (χ1) is 16.3. The van der Waals surface area contributed by atoms with E-state index in [2.05, 4.69) is 128 Å². The van der Waals surface area contributed by atoms with Gasteiger partial charge in [0.05, 0.1) is 27.6 Å². The predicted octanol–water partition coefficient (Wildman–Crippen LogP) is 8.70. The van der Waals surface area contributed by atoms with E-state index in [1.165, 1.54) is 59.9 Å². The molecule has 0 saturated carbocycles. The highest BCUT2D eigenvalue weighted by Crippen LogP contribution is 2.43. The molecule has 33 heavy (non-hydrogen) atoms. The van der Waals surface area contributed by atoms with Crippen LogP contribution < -0.4 is 0 Å². The quantitative estimate of drug-likeness (QED) is 0.220. The molecule has 8 aromatic rings. The lowest BCUT2D eigenvalue weighted by Gasteiger charge is -2.09. The average Bonchev–Trinajstić information content (AvgIpc) is 3.32. The fraction of sp³-hybridized carbons (Fsp3) is 0. The van der Waals surface area contributed by atoms with Crippen molar-refractivity contribution in [2.24, 2.45) is 0 Å². The highest BCUT2D eigenvalue weighted by Gasteiger charge is 2.21. The van der Waals surface area contributed by atoms with Crippen LogP contribution >= 0.6 is 15.9 Å². The Bertz CT molecular complexity index is 2040. The molecular weight excluding hydrogens is 468 g/mol. The molecule has 0 saturated heterocycles. The number of hydrogen-bond acceptors (Lipinski definition) is 0. The molecule has 0 bridgehead atoms. The molecule has 5 aromatic carbocycles. The van der Waals surface area contributed by atoms with Gasteiger partial charge in [-0.25, -0.2) is 0 Å². The second-order valence-electron chi connectivity index (χ2n) is 8.74. The topological polar surface area (TPSA) is 9.34 Å². The van der Waals surface area contributed by atoms with Gasteiger partial charge in [-0.1, -0.05) is 76.6 Å². The Hall–Kier alpha value is -3.82. The summed E-state index contributed by atoms with van der Waals surface area (Å²) >= 11 is 3.68. The molecule has 0 aliphatic carbocycles. The molecule has 0 aliphatic heterocycles. The first-order valence-corrected chi connectivity index (χ1v) is 12.0. The van der Waals surface area contributed by atoms with Gasteiger partial charge >= 0.3 is 0 Å². The maximum atomic E-state index is 3.68. The number of hydrogen-bond donors (Lipinski definition) is 0. The lowest BCUT2D eigenvalue weighted by atomic mass is 10.0. The van der Waals surface area contributed by atoms with Crippen LogP contribution in [0, 0.1) is 0 Å². The number of aromatic nitrogens is 2. The Labute approximate surface area is 197 Å². The van der Waals surface area contributed by atoms with Crippen LogP contribution in [0.25, 0.3) is 65.6 Å². The van der Waals surface area contributed by atoms with Gasteiger partial charge in [0.2, 0.25) is 0 Å². The van der Waals surface area contributed by atoms with Gasteiger partial charge in [0.1, 0.15) is 0 Å². The molecule has 0 spiro atoms. The smallest absolute Gasteiger partial charge is 0.0619 e. The van der Waals surface area contributed by atoms with Crippen LogP contribution in [0.4, 0.5) is 0 Å². The van der Waals surface area contributed by atoms with Crippen molar-refractivity contribution < 1.29 is 0 Å². The maximum absolute atomic E-state index is 3.68. The molecule has 0 radical (unpaired) electrons. The number of para-hydroxylation sites is 2. The van der Waals surface area contributed by atoms with Crippen molar-refractivity contribution in [3.8, 4) is 5.69 Å². The normalized spacial score (nSPS) is 12.4. The number of halogens is 1. The monoisotopic (exact) mass is 484 g/mol. The fourth-order valence-corrected chi connectivity index (χ4v) is 6.27. The molecule has 3 heteroatoms. The van der Waals surface area contributed by atoms with Gasteiger partial charge in [0.25, 0.3) is 0 Å². The van der Waals surface area contributed by atoms with Crippen molar-refractivity contribution in [1.29, 1.82) is 0 Å². The van der Waals surface area contributed by atoms with E-state index in [4.69, 9.17) is 0 Å². The summed E-state index contributed by atoms with van der Waals surface area (Å²) in [6.45, 7) is 0. The van der Waals surface area contributed by atoms with Crippen LogP contribution in [-0.4, -0.2) is 8.97 Å². The Morgan fingerprint density at radius 1 is 0.485 bits per heavy atom. The minimum atomic E-state index is 1.08. The van der Waals surface area contributed by atoms with Gasteiger partial charge in [0, 0.05) is 37.1 Å². The van der Waals surface area contributed by atoms with Crippen LogP contribution in [0.15, 0.2) is 108 Å². The Balaban J connectivity index is 1.78. The lowest BCUT2D eigenvalue weighted by Crippen LogP contribution is -1.94. The van der Waals surface area contributed by atoms with Gasteiger partial charge in [0.15, 0.2) is 0 Å². The van der Waals surface area contributed by atoms with E-state index in [-0.39, 0.29) is 0 Å². The third-order valence-corrected chi connectivity index (χ3v) is 7.58. The van der Waals surface area contributed by atoms with Crippen LogP contribution in [0.2, 0.25) is 0 Å². The SMILES string of the molecule is Brc1cccc(-n2c3cccc4c5cccc6c7ccccc7n(c7cccc2c7c43)c56)c1. The maximum Gasteiger partial charge on any atom is 0.0619 e. The van der Waals surface area contributed by atoms with E-state index >= 15 is 0 Å². The van der Waals surface area contributed by atoms with Crippen LogP contribution in [0.3, 0.4) is 0 Å². The van der Waals surface area contributed by atoms with E-state index in [0.29, 0.717) is 0 Å². The zero-order valence-corrected chi connectivity index (χ0v) is 19.2. The van der Waals surface area contributed by atoms with Crippen molar-refractivity contribution in [2.45, 2.75) is 0 Å². The molecule has 0 N–H and O–H groups in total. The van der Waals surface area contributed by atoms with Gasteiger partial charge in [-0.05, 0) is 47.9 Å². The summed E-state index contributed by atoms with van der Waals surface area (Å²) in [5.41, 5.74) is 7.42. The van der Waals surface area contributed by atoms with E-state index in [9.17, 15) is 0 Å². The summed E-state index contributed by atoms with van der Waals surface area (Å²) in [6.07, 6.45) is 0. The summed E-state index contributed by atoms with van der Waals surface area (Å²) in [5.74, 6) is 0. The summed E-state index contributed by atoms with van der Waals surface area (Å²) in [6, 6.07) is 37.5. The number of fused-ring (bicyclic) bond motifs is 5. The van der Waals surface area contributed by atoms with Crippen molar-refractivity contribution in [1.82, 2.24) is 8.97 Å². The van der Waals surface area contributed by atoms with Crippen LogP contribution in [0.1, 0.15) is 0 Å². The standard InChI is InChI=1S/C30H17BrN2/c31-18-7-3-8-19(17-18)32-25-14-5-10-21-23-12-4-11-22-20-9-1-2-13-24(20)33(30(22)23)27-16-6-15-26(32)29(27)28(21)25/h1-17H. The van der Waals surface area contributed by atoms with Crippen molar-refractivity contribution in [3.63, 3.8) is 0 Å². The second kappa shape index (κ2) is 6.15. The highest BCUT2D eigenvalue weighted by atomic mass is 79.9. The molecule has 0 fully saturated rings. The first-order valence-electron chi connectivity index (χ1n) is 11.2. The third-order valence-electron chi connectivity index (χ3n) is 7.09. The summed E-state index contributed by atoms with van der Waals surface area (Å²) in [5, 5.41) is 7.82. The Kier molecular flexibility index (Phi) is 3.30. The molecule has 3 aromatic heterocycles. The third kappa shape index (κ3) is 2.13. The second-order valence-corrected chi connectivity index (χ2v) is 9.66. The molecule has 0 atom stereocenters. The first kappa shape index (κ1) is 17.7. The van der Waals surface area contributed by atoms with Crippen molar-refractivity contribution in [2.75, 3.05) is 0 Å². The average molecular weight is 485 g/mol. The Morgan fingerprint density at radius 3 is 1.97 bits per heavy atom. The number of benzene rings is 5. The van der Waals surface area contributed by atoms with Gasteiger partial charge in [-0.3, -0.25) is 0 Å². The molecule has 2 nitrogen and oxygen atoms in total. The zero-order valence-electron chi connectivity index (χ0n) is 17.6. The molecule has 8 rings (SSSR count). The van der Waals surface area contributed by atoms with E-state index in [1.54, 1.807) is 0 Å². The number of rotatable bonds is 1. The predicted molar refractivity (Wildman–Crippen MR) is 143 cm³/mol. The fourth-order valence-electron chi connectivity index (χ4n) is 5.88. The molecule has 154 valence electrons. The molecule has 3 heterocycles. The highest BCUT2D eigenvalue weighted by molar-refractivity contribution is 9.10. The minimum Gasteiger partial charge on any atom is -0.309 e. The lowest BCUT2D eigenvalue weighted by molar-refractivity contribution is 1.18. The zero-order chi connectivity index (χ0) is 21.7. The molecular formula is C30H17BrN2. The summed E-state index contributed by atoms with van der Waals surface area (Å²) < 4.78 is 5.96. The molecule has 0 amide bonds. The van der Waals surface area contributed by atoms with Crippen LogP contribution in [0.5, 0.6) is 0 Å². The largest absolute Gasteiger partial charge is 0.309 e. The van der Waals surface area contributed by atoms with Gasteiger partial charge < -0.3 is 8.97 Å². The van der Waals surface area contributed by atoms with E-state index in [1.807, 2.05) is 0 Å². The summed E-state index contributed by atoms with van der Waals surface area (Å²) in [7, 11) is 0. The Morgan fingerprint density at radius 2 is 1.09 bits per heavy atom. The minimum absolute atomic E-state index is 1.08. The summed E-state index contributed by atoms with van der Waals surface area (Å²) in [4.78, 5) is 0. The van der Waals surface area contributed by atoms with Gasteiger partial charge in [-0.2, -0.15) is 0 Å².